The number of anilines is 2. The number of fused-ring (bicyclic) bond motifs is 3. The lowest BCUT2D eigenvalue weighted by atomic mass is 10.2. The first-order chi connectivity index (χ1) is 14.2. The van der Waals surface area contributed by atoms with E-state index >= 15 is 0 Å². The number of hydrogen-bond donors (Lipinski definition) is 1. The molecule has 146 valence electrons. The summed E-state index contributed by atoms with van der Waals surface area (Å²) in [6, 6.07) is 15.8. The number of ether oxygens (including phenoxy) is 1. The molecule has 1 saturated heterocycles. The van der Waals surface area contributed by atoms with Crippen LogP contribution in [0.2, 0.25) is 0 Å². The number of aromatic nitrogens is 3. The summed E-state index contributed by atoms with van der Waals surface area (Å²) >= 11 is 0. The fraction of sp³-hybridized carbons (Fsp3) is 0.227. The van der Waals surface area contributed by atoms with E-state index in [1.807, 2.05) is 36.4 Å². The third-order valence-electron chi connectivity index (χ3n) is 5.50. The van der Waals surface area contributed by atoms with Crippen LogP contribution in [-0.4, -0.2) is 54.2 Å². The number of H-pyrrole nitrogens is 1. The number of aromatic amines is 1. The molecular formula is C22H21N5O2. The number of rotatable bonds is 3. The molecule has 1 aliphatic heterocycles. The fourth-order valence-corrected chi connectivity index (χ4v) is 3.97. The minimum Gasteiger partial charge on any atom is -0.465 e. The van der Waals surface area contributed by atoms with E-state index in [2.05, 4.69) is 36.9 Å². The smallest absolute Gasteiger partial charge is 0.337 e. The lowest BCUT2D eigenvalue weighted by Crippen LogP contribution is -2.47. The first-order valence-corrected chi connectivity index (χ1v) is 9.64. The summed E-state index contributed by atoms with van der Waals surface area (Å²) in [6.45, 7) is 3.48. The lowest BCUT2D eigenvalue weighted by Gasteiger charge is -2.36. The SMILES string of the molecule is COC(=O)c1ccc(N2CCN(c3ncnc4c3[nH]c3ccccc34)CC2)cc1. The Morgan fingerprint density at radius 1 is 0.966 bits per heavy atom. The van der Waals surface area contributed by atoms with Crippen molar-refractivity contribution in [3.63, 3.8) is 0 Å². The van der Waals surface area contributed by atoms with E-state index in [4.69, 9.17) is 4.74 Å². The predicted molar refractivity (Wildman–Crippen MR) is 114 cm³/mol. The van der Waals surface area contributed by atoms with Crippen molar-refractivity contribution in [1.29, 1.82) is 0 Å². The molecule has 1 aliphatic rings. The summed E-state index contributed by atoms with van der Waals surface area (Å²) in [5, 5.41) is 1.12. The van der Waals surface area contributed by atoms with E-state index in [1.54, 1.807) is 6.33 Å². The van der Waals surface area contributed by atoms with Crippen LogP contribution in [0.1, 0.15) is 10.4 Å². The highest BCUT2D eigenvalue weighted by atomic mass is 16.5. The van der Waals surface area contributed by atoms with Crippen molar-refractivity contribution in [3.05, 3.63) is 60.4 Å². The van der Waals surface area contributed by atoms with E-state index in [0.29, 0.717) is 5.56 Å². The number of carbonyl (C=O) groups is 1. The average Bonchev–Trinajstić information content (AvgIpc) is 3.18. The van der Waals surface area contributed by atoms with E-state index in [-0.39, 0.29) is 5.97 Å². The Labute approximate surface area is 167 Å². The Morgan fingerprint density at radius 2 is 1.69 bits per heavy atom. The molecule has 0 radical (unpaired) electrons. The molecule has 0 bridgehead atoms. The van der Waals surface area contributed by atoms with Gasteiger partial charge in [-0.25, -0.2) is 14.8 Å². The van der Waals surface area contributed by atoms with Gasteiger partial charge >= 0.3 is 5.97 Å². The predicted octanol–water partition coefficient (Wildman–Crippen LogP) is 3.22. The molecule has 3 heterocycles. The molecule has 0 unspecified atom stereocenters. The van der Waals surface area contributed by atoms with Gasteiger partial charge in [-0.1, -0.05) is 18.2 Å². The van der Waals surface area contributed by atoms with Crippen LogP contribution in [0.3, 0.4) is 0 Å². The van der Waals surface area contributed by atoms with Gasteiger partial charge in [0.15, 0.2) is 5.82 Å². The molecule has 7 nitrogen and oxygen atoms in total. The van der Waals surface area contributed by atoms with Gasteiger partial charge in [-0.3, -0.25) is 0 Å². The van der Waals surface area contributed by atoms with Gasteiger partial charge in [0.05, 0.1) is 12.7 Å². The minimum absolute atomic E-state index is 0.313. The summed E-state index contributed by atoms with van der Waals surface area (Å²) in [5.74, 6) is 0.638. The summed E-state index contributed by atoms with van der Waals surface area (Å²) in [5.41, 5.74) is 4.71. The second-order valence-electron chi connectivity index (χ2n) is 7.10. The van der Waals surface area contributed by atoms with Crippen molar-refractivity contribution in [1.82, 2.24) is 15.0 Å². The molecule has 4 aromatic rings. The molecule has 2 aromatic carbocycles. The Kier molecular flexibility index (Phi) is 4.27. The summed E-state index contributed by atoms with van der Waals surface area (Å²) in [6.07, 6.45) is 1.65. The Bertz CT molecular complexity index is 1180. The van der Waals surface area contributed by atoms with Gasteiger partial charge in [0.2, 0.25) is 0 Å². The number of carbonyl (C=O) groups excluding carboxylic acids is 1. The first-order valence-electron chi connectivity index (χ1n) is 9.64. The van der Waals surface area contributed by atoms with Crippen molar-refractivity contribution in [2.24, 2.45) is 0 Å². The highest BCUT2D eigenvalue weighted by molar-refractivity contribution is 6.08. The highest BCUT2D eigenvalue weighted by Crippen LogP contribution is 2.30. The summed E-state index contributed by atoms with van der Waals surface area (Å²) < 4.78 is 4.77. The van der Waals surface area contributed by atoms with Crippen molar-refractivity contribution in [2.45, 2.75) is 0 Å². The quantitative estimate of drug-likeness (QED) is 0.544. The van der Waals surface area contributed by atoms with Gasteiger partial charge in [0.1, 0.15) is 17.4 Å². The molecule has 0 spiro atoms. The van der Waals surface area contributed by atoms with E-state index < -0.39 is 0 Å². The second kappa shape index (κ2) is 7.09. The molecule has 2 aromatic heterocycles. The normalized spacial score (nSPS) is 14.5. The number of methoxy groups -OCH3 is 1. The van der Waals surface area contributed by atoms with Crippen LogP contribution in [0.5, 0.6) is 0 Å². The van der Waals surface area contributed by atoms with Crippen molar-refractivity contribution < 1.29 is 9.53 Å². The molecule has 1 N–H and O–H groups in total. The van der Waals surface area contributed by atoms with Crippen molar-refractivity contribution in [3.8, 4) is 0 Å². The summed E-state index contributed by atoms with van der Waals surface area (Å²) in [7, 11) is 1.40. The van der Waals surface area contributed by atoms with Gasteiger partial charge < -0.3 is 19.5 Å². The number of benzene rings is 2. The molecule has 0 aliphatic carbocycles. The standard InChI is InChI=1S/C22H21N5O2/c1-29-22(28)15-6-8-16(9-7-15)26-10-12-27(13-11-26)21-20-19(23-14-24-21)17-4-2-3-5-18(17)25-20/h2-9,14,25H,10-13H2,1H3. The number of hydrogen-bond acceptors (Lipinski definition) is 6. The molecular weight excluding hydrogens is 366 g/mol. The highest BCUT2D eigenvalue weighted by Gasteiger charge is 2.22. The fourth-order valence-electron chi connectivity index (χ4n) is 3.97. The van der Waals surface area contributed by atoms with E-state index in [1.165, 1.54) is 7.11 Å². The number of esters is 1. The zero-order chi connectivity index (χ0) is 19.8. The molecule has 1 fully saturated rings. The van der Waals surface area contributed by atoms with Gasteiger partial charge in [0.25, 0.3) is 0 Å². The number of para-hydroxylation sites is 1. The monoisotopic (exact) mass is 387 g/mol. The molecule has 7 heteroatoms. The van der Waals surface area contributed by atoms with Crippen LogP contribution >= 0.6 is 0 Å². The molecule has 0 amide bonds. The third kappa shape index (κ3) is 3.04. The minimum atomic E-state index is -0.313. The van der Waals surface area contributed by atoms with Crippen LogP contribution in [0.4, 0.5) is 11.5 Å². The van der Waals surface area contributed by atoms with Crippen LogP contribution in [0.25, 0.3) is 21.9 Å². The maximum Gasteiger partial charge on any atom is 0.337 e. The largest absolute Gasteiger partial charge is 0.465 e. The molecule has 0 atom stereocenters. The Morgan fingerprint density at radius 3 is 2.45 bits per heavy atom. The van der Waals surface area contributed by atoms with Gasteiger partial charge in [-0.2, -0.15) is 0 Å². The van der Waals surface area contributed by atoms with Gasteiger partial charge in [-0.15, -0.1) is 0 Å². The zero-order valence-corrected chi connectivity index (χ0v) is 16.1. The van der Waals surface area contributed by atoms with Crippen LogP contribution in [-0.2, 0) is 4.74 Å². The van der Waals surface area contributed by atoms with Crippen molar-refractivity contribution >= 4 is 39.4 Å². The topological polar surface area (TPSA) is 74.3 Å². The van der Waals surface area contributed by atoms with Crippen molar-refractivity contribution in [2.75, 3.05) is 43.1 Å². The third-order valence-corrected chi connectivity index (χ3v) is 5.50. The Hall–Kier alpha value is -3.61. The van der Waals surface area contributed by atoms with E-state index in [0.717, 1.165) is 59.6 Å². The number of nitrogens with zero attached hydrogens (tertiary/aromatic N) is 4. The van der Waals surface area contributed by atoms with Crippen LogP contribution in [0, 0.1) is 0 Å². The first kappa shape index (κ1) is 17.5. The van der Waals surface area contributed by atoms with Gasteiger partial charge in [-0.05, 0) is 30.3 Å². The Balaban J connectivity index is 1.36. The molecule has 29 heavy (non-hydrogen) atoms. The van der Waals surface area contributed by atoms with Gasteiger partial charge in [0, 0.05) is 42.8 Å². The average molecular weight is 387 g/mol. The lowest BCUT2D eigenvalue weighted by molar-refractivity contribution is 0.0601. The number of nitrogens with one attached hydrogen (secondary N) is 1. The van der Waals surface area contributed by atoms with E-state index in [9.17, 15) is 4.79 Å². The second-order valence-corrected chi connectivity index (χ2v) is 7.10. The van der Waals surface area contributed by atoms with Crippen LogP contribution in [0.15, 0.2) is 54.9 Å². The molecule has 0 saturated carbocycles. The van der Waals surface area contributed by atoms with Crippen LogP contribution < -0.4 is 9.80 Å². The summed E-state index contributed by atoms with van der Waals surface area (Å²) in [4.78, 5) is 28.8. The maximum absolute atomic E-state index is 11.6. The molecule has 5 rings (SSSR count). The number of piperazine rings is 1. The maximum atomic E-state index is 11.6. The zero-order valence-electron chi connectivity index (χ0n) is 16.1.